The minimum atomic E-state index is -2.40. The van der Waals surface area contributed by atoms with Crippen LogP contribution in [-0.2, 0) is 27.0 Å². The van der Waals surface area contributed by atoms with Gasteiger partial charge in [-0.25, -0.2) is 4.79 Å². The van der Waals surface area contributed by atoms with Crippen LogP contribution in [0.4, 0.5) is 5.69 Å². The predicted molar refractivity (Wildman–Crippen MR) is 160 cm³/mol. The molecular weight excluding hydrogens is 556 g/mol. The highest BCUT2D eigenvalue weighted by Crippen LogP contribution is 2.47. The van der Waals surface area contributed by atoms with E-state index in [2.05, 4.69) is 11.0 Å². The van der Waals surface area contributed by atoms with E-state index >= 15 is 0 Å². The molecule has 2 bridgehead atoms. The van der Waals surface area contributed by atoms with Crippen molar-refractivity contribution >= 4 is 29.2 Å². The number of rotatable bonds is 1. The molecule has 1 fully saturated rings. The number of aliphatic hydroxyl groups excluding tert-OH is 1. The van der Waals surface area contributed by atoms with Crippen molar-refractivity contribution in [2.75, 3.05) is 38.2 Å². The van der Waals surface area contributed by atoms with Crippen LogP contribution in [-0.4, -0.2) is 71.5 Å². The smallest absolute Gasteiger partial charge is 0.340 e. The topological polar surface area (TPSA) is 111 Å². The average molecular weight is 595 g/mol. The molecule has 2 heterocycles. The third kappa shape index (κ3) is 5.18. The Kier molecular flexibility index (Phi) is 7.75. The molecule has 3 N–H and O–H groups in total. The normalized spacial score (nSPS) is 32.2. The molecule has 0 aromatic heterocycles. The summed E-state index contributed by atoms with van der Waals surface area (Å²) in [6, 6.07) is 11.1. The van der Waals surface area contributed by atoms with E-state index in [0.717, 1.165) is 32.1 Å². The number of nitrogens with zero attached hydrogens (tertiary/aromatic N) is 2. The summed E-state index contributed by atoms with van der Waals surface area (Å²) in [5.74, 6) is -0.985. The molecule has 0 radical (unpaired) electrons. The predicted octanol–water partition coefficient (Wildman–Crippen LogP) is 4.28. The van der Waals surface area contributed by atoms with E-state index < -0.39 is 30.0 Å². The molecule has 0 saturated heterocycles. The lowest BCUT2D eigenvalue weighted by atomic mass is 9.68. The van der Waals surface area contributed by atoms with Gasteiger partial charge in [0.2, 0.25) is 5.91 Å². The van der Waals surface area contributed by atoms with Crippen LogP contribution in [0, 0.1) is 11.8 Å². The highest BCUT2D eigenvalue weighted by molar-refractivity contribution is 6.30. The number of aliphatic carboxylic acids is 1. The number of anilines is 1. The fourth-order valence-corrected chi connectivity index (χ4v) is 7.55. The van der Waals surface area contributed by atoms with E-state index in [-0.39, 0.29) is 22.8 Å². The standard InChI is InChI=1S/C33H39ClN2O6/c1-35-14-3-2-6-28(37)25-10-7-22(25)18-36-19-32(13-4-5-21-15-24(34)9-11-26(21)32)20-42-29-12-8-23(16-27(29)36)33(41,31(39)40)17-30(35)38/h2,6,8-9,11-12,15-16,22,25,28,37,41H,3-5,7,10,13-14,17-20H2,1H3,(H,39,40)/b6-2-/t22-,25+,28-,32-,33-/m0/s1. The summed E-state index contributed by atoms with van der Waals surface area (Å²) in [7, 11) is 1.60. The van der Waals surface area contributed by atoms with E-state index in [1.165, 1.54) is 16.0 Å². The molecule has 5 atom stereocenters. The number of halogens is 1. The number of ether oxygens (including phenoxy) is 1. The second-order valence-corrected chi connectivity index (χ2v) is 13.1. The fourth-order valence-electron chi connectivity index (χ4n) is 7.35. The number of carboxylic acid groups (broad SMARTS) is 1. The number of benzene rings is 2. The lowest BCUT2D eigenvalue weighted by Crippen LogP contribution is -2.49. The molecule has 0 unspecified atom stereocenters. The van der Waals surface area contributed by atoms with Crippen LogP contribution in [0.15, 0.2) is 48.6 Å². The average Bonchev–Trinajstić information content (AvgIpc) is 3.09. The lowest BCUT2D eigenvalue weighted by Gasteiger charge is -2.45. The van der Waals surface area contributed by atoms with E-state index in [0.29, 0.717) is 49.1 Å². The van der Waals surface area contributed by atoms with Crippen molar-refractivity contribution in [2.24, 2.45) is 11.8 Å². The molecule has 4 aliphatic rings. The first-order chi connectivity index (χ1) is 20.1. The van der Waals surface area contributed by atoms with Crippen molar-refractivity contribution in [1.82, 2.24) is 4.90 Å². The molecule has 2 aliphatic heterocycles. The van der Waals surface area contributed by atoms with E-state index in [9.17, 15) is 24.9 Å². The first-order valence-electron chi connectivity index (χ1n) is 15.0. The van der Waals surface area contributed by atoms with Gasteiger partial charge < -0.3 is 29.9 Å². The van der Waals surface area contributed by atoms with Crippen LogP contribution >= 0.6 is 11.6 Å². The van der Waals surface area contributed by atoms with Gasteiger partial charge in [0, 0.05) is 37.1 Å². The summed E-state index contributed by atoms with van der Waals surface area (Å²) in [6.45, 7) is 2.11. The summed E-state index contributed by atoms with van der Waals surface area (Å²) >= 11 is 6.38. The van der Waals surface area contributed by atoms with Crippen LogP contribution < -0.4 is 9.64 Å². The summed E-state index contributed by atoms with van der Waals surface area (Å²) in [6.07, 6.45) is 7.86. The number of amides is 1. The van der Waals surface area contributed by atoms with Crippen molar-refractivity contribution in [1.29, 1.82) is 0 Å². The molecule has 2 aliphatic carbocycles. The maximum atomic E-state index is 13.1. The Balaban J connectivity index is 1.46. The van der Waals surface area contributed by atoms with Gasteiger partial charge in [0.1, 0.15) is 5.75 Å². The molecule has 2 aromatic rings. The highest BCUT2D eigenvalue weighted by atomic mass is 35.5. The lowest BCUT2D eigenvalue weighted by molar-refractivity contribution is -0.164. The first-order valence-corrected chi connectivity index (χ1v) is 15.3. The second kappa shape index (κ2) is 11.2. The van der Waals surface area contributed by atoms with Crippen molar-refractivity contribution < 1.29 is 29.6 Å². The summed E-state index contributed by atoms with van der Waals surface area (Å²) in [5, 5.41) is 33.5. The van der Waals surface area contributed by atoms with Gasteiger partial charge in [0.05, 0.1) is 24.8 Å². The monoisotopic (exact) mass is 594 g/mol. The zero-order valence-electron chi connectivity index (χ0n) is 24.0. The first kappa shape index (κ1) is 29.0. The van der Waals surface area contributed by atoms with Gasteiger partial charge >= 0.3 is 5.97 Å². The van der Waals surface area contributed by atoms with Crippen molar-refractivity contribution in [3.8, 4) is 5.75 Å². The van der Waals surface area contributed by atoms with Crippen LogP contribution in [0.5, 0.6) is 5.75 Å². The van der Waals surface area contributed by atoms with Crippen LogP contribution in [0.25, 0.3) is 0 Å². The Bertz CT molecular complexity index is 1410. The molecular formula is C33H39ClN2O6. The van der Waals surface area contributed by atoms with Gasteiger partial charge in [-0.2, -0.15) is 0 Å². The zero-order chi connectivity index (χ0) is 29.6. The minimum Gasteiger partial charge on any atom is -0.490 e. The van der Waals surface area contributed by atoms with Gasteiger partial charge in [-0.05, 0) is 91.3 Å². The summed E-state index contributed by atoms with van der Waals surface area (Å²) in [4.78, 5) is 29.3. The zero-order valence-corrected chi connectivity index (χ0v) is 24.7. The Morgan fingerprint density at radius 1 is 1.17 bits per heavy atom. The number of aliphatic hydroxyl groups is 2. The molecule has 6 rings (SSSR count). The molecule has 1 amide bonds. The third-order valence-electron chi connectivity index (χ3n) is 10.0. The maximum Gasteiger partial charge on any atom is 0.340 e. The highest BCUT2D eigenvalue weighted by Gasteiger charge is 2.46. The molecule has 224 valence electrons. The largest absolute Gasteiger partial charge is 0.490 e. The summed E-state index contributed by atoms with van der Waals surface area (Å²) in [5.41, 5.74) is 0.594. The fraction of sp³-hybridized carbons (Fsp3) is 0.515. The molecule has 1 spiro atoms. The Morgan fingerprint density at radius 3 is 2.76 bits per heavy atom. The second-order valence-electron chi connectivity index (χ2n) is 12.7. The van der Waals surface area contributed by atoms with Gasteiger partial charge in [0.25, 0.3) is 0 Å². The van der Waals surface area contributed by atoms with Gasteiger partial charge in [0.15, 0.2) is 5.60 Å². The molecule has 1 saturated carbocycles. The van der Waals surface area contributed by atoms with Crippen LogP contribution in [0.2, 0.25) is 5.02 Å². The van der Waals surface area contributed by atoms with Crippen molar-refractivity contribution in [2.45, 2.75) is 62.1 Å². The molecule has 42 heavy (non-hydrogen) atoms. The number of carbonyl (C=O) groups excluding carboxylic acids is 1. The molecule has 2 aromatic carbocycles. The molecule has 9 heteroatoms. The molecule has 8 nitrogen and oxygen atoms in total. The number of carbonyl (C=O) groups is 2. The number of hydrogen-bond donors (Lipinski definition) is 3. The minimum absolute atomic E-state index is 0.105. The van der Waals surface area contributed by atoms with Crippen LogP contribution in [0.3, 0.4) is 0 Å². The SMILES string of the molecule is CN1CC/C=C\[C@H](O)[C@@H]2CC[C@H]2CN2C[C@@]3(CCCc4cc(Cl)ccc43)COc3ccc(cc32)[C@](O)(C(=O)O)CC1=O. The van der Waals surface area contributed by atoms with Gasteiger partial charge in [-0.1, -0.05) is 35.9 Å². The number of carboxylic acids is 1. The quantitative estimate of drug-likeness (QED) is 0.423. The van der Waals surface area contributed by atoms with E-state index in [4.69, 9.17) is 16.3 Å². The Labute approximate surface area is 251 Å². The van der Waals surface area contributed by atoms with Crippen molar-refractivity contribution in [3.63, 3.8) is 0 Å². The Hall–Kier alpha value is -3.07. The van der Waals surface area contributed by atoms with Crippen molar-refractivity contribution in [3.05, 3.63) is 70.3 Å². The van der Waals surface area contributed by atoms with Gasteiger partial charge in [-0.3, -0.25) is 4.79 Å². The third-order valence-corrected chi connectivity index (χ3v) is 10.3. The van der Waals surface area contributed by atoms with Crippen LogP contribution in [0.1, 0.15) is 55.2 Å². The number of hydrogen-bond acceptors (Lipinski definition) is 6. The number of fused-ring (bicyclic) bond motifs is 4. The Morgan fingerprint density at radius 2 is 2.00 bits per heavy atom. The summed E-state index contributed by atoms with van der Waals surface area (Å²) < 4.78 is 6.52. The van der Waals surface area contributed by atoms with E-state index in [1.54, 1.807) is 25.2 Å². The number of aryl methyl sites for hydroxylation is 1. The van der Waals surface area contributed by atoms with Gasteiger partial charge in [-0.15, -0.1) is 0 Å². The maximum absolute atomic E-state index is 13.1. The van der Waals surface area contributed by atoms with E-state index in [1.807, 2.05) is 24.3 Å².